The van der Waals surface area contributed by atoms with Crippen LogP contribution in [0.2, 0.25) is 0 Å². The molecule has 2 aliphatic heterocycles. The molecule has 2 heterocycles. The minimum absolute atomic E-state index is 0.0722. The molecule has 2 N–H and O–H groups in total. The number of rotatable bonds is 4. The lowest BCUT2D eigenvalue weighted by Gasteiger charge is -2.29. The molecule has 0 bridgehead atoms. The molecule has 1 saturated heterocycles. The van der Waals surface area contributed by atoms with Crippen molar-refractivity contribution in [1.82, 2.24) is 15.1 Å². The maximum atomic E-state index is 12.8. The molecule has 4 amide bonds. The van der Waals surface area contributed by atoms with Gasteiger partial charge in [0.15, 0.2) is 0 Å². The maximum Gasteiger partial charge on any atom is 0.255 e. The topological polar surface area (TPSA) is 98.8 Å². The molecule has 8 nitrogen and oxygen atoms in total. The van der Waals surface area contributed by atoms with Crippen LogP contribution >= 0.6 is 22.6 Å². The van der Waals surface area contributed by atoms with E-state index in [2.05, 4.69) is 33.2 Å². The van der Waals surface area contributed by atoms with E-state index in [1.165, 1.54) is 9.80 Å². The second-order valence-electron chi connectivity index (χ2n) is 6.53. The first-order chi connectivity index (χ1) is 12.3. The first-order valence-corrected chi connectivity index (χ1v) is 9.27. The Bertz CT molecular complexity index is 808. The van der Waals surface area contributed by atoms with Crippen molar-refractivity contribution < 1.29 is 19.2 Å². The molecule has 1 aromatic rings. The predicted molar refractivity (Wildman–Crippen MR) is 102 cm³/mol. The molecule has 1 atom stereocenters. The molecule has 0 aromatic heterocycles. The summed E-state index contributed by atoms with van der Waals surface area (Å²) in [4.78, 5) is 51.0. The minimum Gasteiger partial charge on any atom is -0.376 e. The Balaban J connectivity index is 1.79. The maximum absolute atomic E-state index is 12.8. The normalized spacial score (nSPS) is 19.3. The highest BCUT2D eigenvalue weighted by molar-refractivity contribution is 14.1. The summed E-state index contributed by atoms with van der Waals surface area (Å²) < 4.78 is 0.892. The van der Waals surface area contributed by atoms with Gasteiger partial charge in [-0.3, -0.25) is 24.5 Å². The fourth-order valence-electron chi connectivity index (χ4n) is 3.05. The molecular weight excluding hydrogens is 451 g/mol. The van der Waals surface area contributed by atoms with Gasteiger partial charge in [-0.15, -0.1) is 0 Å². The second-order valence-corrected chi connectivity index (χ2v) is 7.69. The first kappa shape index (κ1) is 18.6. The van der Waals surface area contributed by atoms with Crippen LogP contribution in [0.25, 0.3) is 0 Å². The van der Waals surface area contributed by atoms with Gasteiger partial charge in [-0.25, -0.2) is 0 Å². The number of piperidine rings is 1. The molecule has 1 unspecified atom stereocenters. The van der Waals surface area contributed by atoms with Gasteiger partial charge < -0.3 is 15.1 Å². The lowest BCUT2D eigenvalue weighted by Crippen LogP contribution is -2.52. The molecule has 2 aliphatic rings. The van der Waals surface area contributed by atoms with Crippen molar-refractivity contribution in [2.45, 2.75) is 25.4 Å². The van der Waals surface area contributed by atoms with E-state index in [-0.39, 0.29) is 30.7 Å². The summed E-state index contributed by atoms with van der Waals surface area (Å²) in [6.07, 6.45) is 0.566. The zero-order chi connectivity index (χ0) is 19.0. The zero-order valence-corrected chi connectivity index (χ0v) is 16.6. The van der Waals surface area contributed by atoms with E-state index in [9.17, 15) is 19.2 Å². The summed E-state index contributed by atoms with van der Waals surface area (Å²) in [5, 5.41) is 5.33. The number of imide groups is 1. The van der Waals surface area contributed by atoms with Gasteiger partial charge in [0.25, 0.3) is 5.91 Å². The highest BCUT2D eigenvalue weighted by Gasteiger charge is 2.39. The molecule has 0 spiro atoms. The highest BCUT2D eigenvalue weighted by atomic mass is 127. The summed E-state index contributed by atoms with van der Waals surface area (Å²) in [5.41, 5.74) is 2.08. The summed E-state index contributed by atoms with van der Waals surface area (Å²) in [6, 6.07) is 2.97. The van der Waals surface area contributed by atoms with Crippen molar-refractivity contribution in [1.29, 1.82) is 0 Å². The molecule has 9 heteroatoms. The van der Waals surface area contributed by atoms with Crippen LogP contribution in [-0.2, 0) is 20.9 Å². The van der Waals surface area contributed by atoms with Gasteiger partial charge in [-0.05, 0) is 46.7 Å². The number of nitrogens with zero attached hydrogens (tertiary/aromatic N) is 2. The summed E-state index contributed by atoms with van der Waals surface area (Å²) in [5.74, 6) is -1.03. The van der Waals surface area contributed by atoms with Crippen LogP contribution in [0.15, 0.2) is 12.1 Å². The Morgan fingerprint density at radius 1 is 1.35 bits per heavy atom. The van der Waals surface area contributed by atoms with Crippen molar-refractivity contribution in [3.05, 3.63) is 26.8 Å². The van der Waals surface area contributed by atoms with Crippen molar-refractivity contribution in [2.75, 3.05) is 26.0 Å². The van der Waals surface area contributed by atoms with Gasteiger partial charge in [-0.2, -0.15) is 0 Å². The number of fused-ring (bicyclic) bond motifs is 1. The fourth-order valence-corrected chi connectivity index (χ4v) is 3.85. The summed E-state index contributed by atoms with van der Waals surface area (Å²) in [6.45, 7) is 0.475. The molecule has 1 aromatic carbocycles. The van der Waals surface area contributed by atoms with Crippen molar-refractivity contribution in [2.24, 2.45) is 0 Å². The molecule has 0 saturated carbocycles. The number of amides is 4. The van der Waals surface area contributed by atoms with Gasteiger partial charge in [0.1, 0.15) is 6.04 Å². The van der Waals surface area contributed by atoms with E-state index in [0.717, 1.165) is 9.13 Å². The van der Waals surface area contributed by atoms with E-state index in [4.69, 9.17) is 0 Å². The Labute approximate surface area is 164 Å². The Morgan fingerprint density at radius 2 is 2.08 bits per heavy atom. The standard InChI is InChI=1S/C17H19IN4O4/c1-21(2)15(24)7-19-9-5-10-11(12(18)6-9)8-22(17(10)26)13-3-4-14(23)20-16(13)25/h5-6,13,19H,3-4,7-8H2,1-2H3,(H,20,23,25). The van der Waals surface area contributed by atoms with Crippen molar-refractivity contribution in [3.8, 4) is 0 Å². The number of carbonyl (C=O) groups is 4. The number of benzene rings is 1. The third-order valence-electron chi connectivity index (χ3n) is 4.54. The van der Waals surface area contributed by atoms with Crippen LogP contribution in [0.3, 0.4) is 0 Å². The van der Waals surface area contributed by atoms with E-state index in [1.807, 2.05) is 6.07 Å². The minimum atomic E-state index is -0.630. The van der Waals surface area contributed by atoms with Gasteiger partial charge in [-0.1, -0.05) is 0 Å². The Morgan fingerprint density at radius 3 is 2.73 bits per heavy atom. The SMILES string of the molecule is CN(C)C(=O)CNc1cc(I)c2c(c1)C(=O)N(C1CCC(=O)NC1=O)C2. The van der Waals surface area contributed by atoms with Crippen LogP contribution < -0.4 is 10.6 Å². The number of halogens is 1. The van der Waals surface area contributed by atoms with E-state index in [0.29, 0.717) is 24.2 Å². The van der Waals surface area contributed by atoms with Crippen molar-refractivity contribution >= 4 is 51.9 Å². The molecule has 0 aliphatic carbocycles. The van der Waals surface area contributed by atoms with Gasteiger partial charge >= 0.3 is 0 Å². The van der Waals surface area contributed by atoms with E-state index >= 15 is 0 Å². The number of carbonyl (C=O) groups excluding carboxylic acids is 4. The average Bonchev–Trinajstić information content (AvgIpc) is 2.90. The number of nitrogens with one attached hydrogen (secondary N) is 2. The third-order valence-corrected chi connectivity index (χ3v) is 5.51. The monoisotopic (exact) mass is 470 g/mol. The lowest BCUT2D eigenvalue weighted by atomic mass is 10.0. The molecule has 3 rings (SSSR count). The van der Waals surface area contributed by atoms with E-state index in [1.54, 1.807) is 20.2 Å². The molecule has 138 valence electrons. The Hall–Kier alpha value is -2.17. The predicted octanol–water partition coefficient (Wildman–Crippen LogP) is 0.552. The molecule has 26 heavy (non-hydrogen) atoms. The second kappa shape index (κ2) is 7.22. The zero-order valence-electron chi connectivity index (χ0n) is 14.5. The smallest absolute Gasteiger partial charge is 0.255 e. The number of anilines is 1. The van der Waals surface area contributed by atoms with Gasteiger partial charge in [0, 0.05) is 41.9 Å². The number of likely N-dealkylation sites (N-methyl/N-ethyl adjacent to an activating group) is 1. The van der Waals surface area contributed by atoms with Gasteiger partial charge in [0.05, 0.1) is 6.54 Å². The van der Waals surface area contributed by atoms with E-state index < -0.39 is 11.9 Å². The molecule has 1 fully saturated rings. The number of hydrogen-bond donors (Lipinski definition) is 2. The van der Waals surface area contributed by atoms with Crippen molar-refractivity contribution in [3.63, 3.8) is 0 Å². The average molecular weight is 470 g/mol. The number of hydrogen-bond acceptors (Lipinski definition) is 5. The van der Waals surface area contributed by atoms with Crippen LogP contribution in [0.1, 0.15) is 28.8 Å². The van der Waals surface area contributed by atoms with Crippen LogP contribution in [0, 0.1) is 3.57 Å². The van der Waals surface area contributed by atoms with Crippen LogP contribution in [0.5, 0.6) is 0 Å². The quantitative estimate of drug-likeness (QED) is 0.495. The highest BCUT2D eigenvalue weighted by Crippen LogP contribution is 2.33. The third kappa shape index (κ3) is 3.53. The lowest BCUT2D eigenvalue weighted by molar-refractivity contribution is -0.137. The summed E-state index contributed by atoms with van der Waals surface area (Å²) >= 11 is 2.15. The van der Waals surface area contributed by atoms with Gasteiger partial charge in [0.2, 0.25) is 17.7 Å². The summed E-state index contributed by atoms with van der Waals surface area (Å²) in [7, 11) is 3.36. The molecular formula is C17H19IN4O4. The largest absolute Gasteiger partial charge is 0.376 e. The fraction of sp³-hybridized carbons (Fsp3) is 0.412. The van der Waals surface area contributed by atoms with Crippen LogP contribution in [-0.4, -0.2) is 60.1 Å². The molecule has 0 radical (unpaired) electrons. The first-order valence-electron chi connectivity index (χ1n) is 8.19. The Kier molecular flexibility index (Phi) is 5.17. The van der Waals surface area contributed by atoms with Crippen LogP contribution in [0.4, 0.5) is 5.69 Å².